The average Bonchev–Trinajstić information content (AvgIpc) is 2.96. The smallest absolute Gasteiger partial charge is 0.274 e. The zero-order chi connectivity index (χ0) is 15.1. The van der Waals surface area contributed by atoms with Gasteiger partial charge in [0.2, 0.25) is 0 Å². The molecular weight excluding hydrogens is 266 g/mol. The van der Waals surface area contributed by atoms with Crippen LogP contribution in [0.5, 0.6) is 5.75 Å². The maximum absolute atomic E-state index is 12.2. The third-order valence-electron chi connectivity index (χ3n) is 3.15. The standard InChI is InChI=1S/C16H21N3O2/c1-3-7-13-12-15(18-17-13)16(20)19(2)10-11-21-14-8-5-4-6-9-14/h4-6,8-9,12H,3,7,10-11H2,1-2H3,(H,17,18). The number of amides is 1. The van der Waals surface area contributed by atoms with Crippen LogP contribution in [0.1, 0.15) is 29.5 Å². The molecule has 1 amide bonds. The van der Waals surface area contributed by atoms with E-state index < -0.39 is 0 Å². The van der Waals surface area contributed by atoms with E-state index in [9.17, 15) is 4.79 Å². The van der Waals surface area contributed by atoms with E-state index in [2.05, 4.69) is 17.1 Å². The molecule has 0 aliphatic rings. The van der Waals surface area contributed by atoms with Gasteiger partial charge in [0, 0.05) is 12.7 Å². The third kappa shape index (κ3) is 4.34. The fourth-order valence-electron chi connectivity index (χ4n) is 1.98. The number of likely N-dealkylation sites (N-methyl/N-ethyl adjacent to an activating group) is 1. The lowest BCUT2D eigenvalue weighted by Gasteiger charge is -2.16. The van der Waals surface area contributed by atoms with Crippen molar-refractivity contribution in [1.82, 2.24) is 15.1 Å². The monoisotopic (exact) mass is 287 g/mol. The summed E-state index contributed by atoms with van der Waals surface area (Å²) in [6.45, 7) is 3.07. The minimum Gasteiger partial charge on any atom is -0.492 e. The summed E-state index contributed by atoms with van der Waals surface area (Å²) in [6, 6.07) is 11.4. The Morgan fingerprint density at radius 3 is 2.81 bits per heavy atom. The predicted octanol–water partition coefficient (Wildman–Crippen LogP) is 2.51. The fraction of sp³-hybridized carbons (Fsp3) is 0.375. The number of benzene rings is 1. The molecule has 21 heavy (non-hydrogen) atoms. The summed E-state index contributed by atoms with van der Waals surface area (Å²) in [7, 11) is 1.75. The van der Waals surface area contributed by atoms with Crippen molar-refractivity contribution in [2.75, 3.05) is 20.2 Å². The zero-order valence-electron chi connectivity index (χ0n) is 12.5. The van der Waals surface area contributed by atoms with Gasteiger partial charge in [0.15, 0.2) is 0 Å². The first-order valence-corrected chi connectivity index (χ1v) is 7.18. The zero-order valence-corrected chi connectivity index (χ0v) is 12.5. The summed E-state index contributed by atoms with van der Waals surface area (Å²) in [4.78, 5) is 13.8. The molecule has 0 radical (unpaired) electrons. The second-order valence-electron chi connectivity index (χ2n) is 4.92. The van der Waals surface area contributed by atoms with E-state index >= 15 is 0 Å². The summed E-state index contributed by atoms with van der Waals surface area (Å²) in [6.07, 6.45) is 1.93. The lowest BCUT2D eigenvalue weighted by atomic mass is 10.2. The molecule has 1 N–H and O–H groups in total. The summed E-state index contributed by atoms with van der Waals surface area (Å²) in [5.41, 5.74) is 1.45. The van der Waals surface area contributed by atoms with Gasteiger partial charge in [-0.3, -0.25) is 9.89 Å². The van der Waals surface area contributed by atoms with Gasteiger partial charge in [-0.05, 0) is 24.6 Å². The molecule has 1 aromatic heterocycles. The van der Waals surface area contributed by atoms with Gasteiger partial charge in [0.05, 0.1) is 6.54 Å². The van der Waals surface area contributed by atoms with Crippen molar-refractivity contribution in [1.29, 1.82) is 0 Å². The van der Waals surface area contributed by atoms with Crippen LogP contribution in [-0.4, -0.2) is 41.2 Å². The van der Waals surface area contributed by atoms with E-state index in [1.54, 1.807) is 11.9 Å². The van der Waals surface area contributed by atoms with E-state index in [1.165, 1.54) is 0 Å². The number of rotatable bonds is 7. The molecule has 0 aliphatic carbocycles. The van der Waals surface area contributed by atoms with Crippen LogP contribution in [-0.2, 0) is 6.42 Å². The Hall–Kier alpha value is -2.30. The molecule has 0 saturated carbocycles. The topological polar surface area (TPSA) is 58.2 Å². The van der Waals surface area contributed by atoms with Crippen molar-refractivity contribution >= 4 is 5.91 Å². The molecule has 0 fully saturated rings. The van der Waals surface area contributed by atoms with Gasteiger partial charge in [0.25, 0.3) is 5.91 Å². The average molecular weight is 287 g/mol. The quantitative estimate of drug-likeness (QED) is 0.851. The number of para-hydroxylation sites is 1. The summed E-state index contributed by atoms with van der Waals surface area (Å²) in [5.74, 6) is 0.716. The van der Waals surface area contributed by atoms with Crippen LogP contribution in [0.3, 0.4) is 0 Å². The van der Waals surface area contributed by atoms with Crippen LogP contribution in [0, 0.1) is 0 Å². The molecular formula is C16H21N3O2. The largest absolute Gasteiger partial charge is 0.492 e. The Morgan fingerprint density at radius 2 is 2.10 bits per heavy atom. The van der Waals surface area contributed by atoms with E-state index in [0.29, 0.717) is 18.8 Å². The first kappa shape index (κ1) is 15.1. The van der Waals surface area contributed by atoms with E-state index in [0.717, 1.165) is 24.3 Å². The van der Waals surface area contributed by atoms with Crippen molar-refractivity contribution < 1.29 is 9.53 Å². The van der Waals surface area contributed by atoms with Crippen molar-refractivity contribution in [2.24, 2.45) is 0 Å². The summed E-state index contributed by atoms with van der Waals surface area (Å²) in [5, 5.41) is 6.96. The molecule has 5 heteroatoms. The molecule has 0 saturated heterocycles. The van der Waals surface area contributed by atoms with Crippen LogP contribution in [0.2, 0.25) is 0 Å². The Balaban J connectivity index is 1.81. The van der Waals surface area contributed by atoms with Gasteiger partial charge in [-0.25, -0.2) is 0 Å². The highest BCUT2D eigenvalue weighted by Crippen LogP contribution is 2.09. The van der Waals surface area contributed by atoms with Gasteiger partial charge in [0.1, 0.15) is 18.1 Å². The molecule has 5 nitrogen and oxygen atoms in total. The predicted molar refractivity (Wildman–Crippen MR) is 81.5 cm³/mol. The van der Waals surface area contributed by atoms with Gasteiger partial charge >= 0.3 is 0 Å². The van der Waals surface area contributed by atoms with Crippen LogP contribution < -0.4 is 4.74 Å². The fourth-order valence-corrected chi connectivity index (χ4v) is 1.98. The summed E-state index contributed by atoms with van der Waals surface area (Å²) >= 11 is 0. The molecule has 1 aromatic carbocycles. The molecule has 2 rings (SSSR count). The van der Waals surface area contributed by atoms with Crippen molar-refractivity contribution in [3.05, 3.63) is 47.8 Å². The van der Waals surface area contributed by atoms with Gasteiger partial charge in [-0.1, -0.05) is 31.5 Å². The summed E-state index contributed by atoms with van der Waals surface area (Å²) < 4.78 is 5.58. The number of aromatic amines is 1. The lowest BCUT2D eigenvalue weighted by Crippen LogP contribution is -2.31. The number of aryl methyl sites for hydroxylation is 1. The van der Waals surface area contributed by atoms with Crippen LogP contribution in [0.15, 0.2) is 36.4 Å². The number of nitrogens with zero attached hydrogens (tertiary/aromatic N) is 2. The first-order chi connectivity index (χ1) is 10.2. The Morgan fingerprint density at radius 1 is 1.33 bits per heavy atom. The second-order valence-corrected chi connectivity index (χ2v) is 4.92. The number of nitrogens with one attached hydrogen (secondary N) is 1. The van der Waals surface area contributed by atoms with Crippen molar-refractivity contribution in [3.8, 4) is 5.75 Å². The highest BCUT2D eigenvalue weighted by atomic mass is 16.5. The molecule has 2 aromatic rings. The molecule has 0 bridgehead atoms. The van der Waals surface area contributed by atoms with Gasteiger partial charge in [-0.2, -0.15) is 5.10 Å². The van der Waals surface area contributed by atoms with Crippen molar-refractivity contribution in [3.63, 3.8) is 0 Å². The minimum absolute atomic E-state index is 0.0923. The Kier molecular flexibility index (Phi) is 5.37. The van der Waals surface area contributed by atoms with Crippen molar-refractivity contribution in [2.45, 2.75) is 19.8 Å². The van der Waals surface area contributed by atoms with E-state index in [-0.39, 0.29) is 5.91 Å². The number of ether oxygens (including phenoxy) is 1. The lowest BCUT2D eigenvalue weighted by molar-refractivity contribution is 0.0768. The molecule has 0 unspecified atom stereocenters. The number of carbonyl (C=O) groups excluding carboxylic acids is 1. The second kappa shape index (κ2) is 7.47. The van der Waals surface area contributed by atoms with Gasteiger partial charge in [-0.15, -0.1) is 0 Å². The maximum atomic E-state index is 12.2. The molecule has 0 spiro atoms. The molecule has 1 heterocycles. The number of hydrogen-bond acceptors (Lipinski definition) is 3. The number of carbonyl (C=O) groups is 1. The van der Waals surface area contributed by atoms with Crippen LogP contribution in [0.4, 0.5) is 0 Å². The number of aromatic nitrogens is 2. The SMILES string of the molecule is CCCc1cc(C(=O)N(C)CCOc2ccccc2)n[nH]1. The Bertz CT molecular complexity index is 566. The molecule has 0 aliphatic heterocycles. The third-order valence-corrected chi connectivity index (χ3v) is 3.15. The maximum Gasteiger partial charge on any atom is 0.274 e. The van der Waals surface area contributed by atoms with E-state index in [1.807, 2.05) is 36.4 Å². The molecule has 0 atom stereocenters. The van der Waals surface area contributed by atoms with Crippen LogP contribution >= 0.6 is 0 Å². The first-order valence-electron chi connectivity index (χ1n) is 7.18. The molecule has 112 valence electrons. The van der Waals surface area contributed by atoms with E-state index in [4.69, 9.17) is 4.74 Å². The number of hydrogen-bond donors (Lipinski definition) is 1. The minimum atomic E-state index is -0.0923. The number of H-pyrrole nitrogens is 1. The van der Waals surface area contributed by atoms with Crippen LogP contribution in [0.25, 0.3) is 0 Å². The highest BCUT2D eigenvalue weighted by Gasteiger charge is 2.15. The van der Waals surface area contributed by atoms with Gasteiger partial charge < -0.3 is 9.64 Å². The normalized spacial score (nSPS) is 10.4. The highest BCUT2D eigenvalue weighted by molar-refractivity contribution is 5.92. The Labute approximate surface area is 124 Å².